The smallest absolute Gasteiger partial charge is 0.339 e. The van der Waals surface area contributed by atoms with Crippen molar-refractivity contribution in [2.75, 3.05) is 0 Å². The van der Waals surface area contributed by atoms with Crippen molar-refractivity contribution in [3.05, 3.63) is 55.2 Å². The molecule has 104 valence electrons. The van der Waals surface area contributed by atoms with Crippen LogP contribution in [-0.2, 0) is 6.61 Å². The minimum Gasteiger partial charge on any atom is -0.480 e. The molecule has 8 heteroatoms. The van der Waals surface area contributed by atoms with Crippen LogP contribution >= 0.6 is 22.9 Å². The SMILES string of the molecule is O=C(O)c1cccc([N+](=O)[O-])c1OCc1ccc(Cl)s1. The number of nitro benzene ring substituents is 1. The number of hydrogen-bond acceptors (Lipinski definition) is 5. The van der Waals surface area contributed by atoms with E-state index in [4.69, 9.17) is 21.4 Å². The maximum Gasteiger partial charge on any atom is 0.339 e. The lowest BCUT2D eigenvalue weighted by Crippen LogP contribution is -2.05. The number of nitrogens with zero attached hydrogens (tertiary/aromatic N) is 1. The van der Waals surface area contributed by atoms with Gasteiger partial charge in [0.05, 0.1) is 9.26 Å². The van der Waals surface area contributed by atoms with Crippen LogP contribution in [0.5, 0.6) is 5.75 Å². The van der Waals surface area contributed by atoms with Gasteiger partial charge in [-0.05, 0) is 18.2 Å². The fourth-order valence-electron chi connectivity index (χ4n) is 1.56. The molecule has 1 N–H and O–H groups in total. The molecular formula is C12H8ClNO5S. The van der Waals surface area contributed by atoms with E-state index in [9.17, 15) is 14.9 Å². The lowest BCUT2D eigenvalue weighted by molar-refractivity contribution is -0.386. The van der Waals surface area contributed by atoms with E-state index in [1.54, 1.807) is 12.1 Å². The molecular weight excluding hydrogens is 306 g/mol. The van der Waals surface area contributed by atoms with Crippen molar-refractivity contribution in [1.29, 1.82) is 0 Å². The number of aromatic carboxylic acids is 1. The van der Waals surface area contributed by atoms with Crippen LogP contribution in [0.3, 0.4) is 0 Å². The predicted octanol–water partition coefficient (Wildman–Crippen LogP) is 3.59. The highest BCUT2D eigenvalue weighted by Crippen LogP contribution is 2.32. The molecule has 6 nitrogen and oxygen atoms in total. The van der Waals surface area contributed by atoms with Crippen molar-refractivity contribution in [2.24, 2.45) is 0 Å². The maximum atomic E-state index is 11.1. The summed E-state index contributed by atoms with van der Waals surface area (Å²) in [7, 11) is 0. The Balaban J connectivity index is 2.32. The molecule has 0 fully saturated rings. The largest absolute Gasteiger partial charge is 0.480 e. The Hall–Kier alpha value is -2.12. The minimum absolute atomic E-state index is 0.0164. The van der Waals surface area contributed by atoms with Crippen LogP contribution in [0.25, 0.3) is 0 Å². The van der Waals surface area contributed by atoms with Crippen molar-refractivity contribution < 1.29 is 19.6 Å². The highest BCUT2D eigenvalue weighted by Gasteiger charge is 2.23. The molecule has 0 bridgehead atoms. The second-order valence-corrected chi connectivity index (χ2v) is 5.51. The summed E-state index contributed by atoms with van der Waals surface area (Å²) < 4.78 is 5.88. The Kier molecular flexibility index (Phi) is 4.21. The lowest BCUT2D eigenvalue weighted by Gasteiger charge is -2.08. The topological polar surface area (TPSA) is 89.7 Å². The first-order valence-electron chi connectivity index (χ1n) is 5.36. The molecule has 0 spiro atoms. The van der Waals surface area contributed by atoms with Gasteiger partial charge in [0.25, 0.3) is 0 Å². The number of rotatable bonds is 5. The Morgan fingerprint density at radius 3 is 2.70 bits per heavy atom. The molecule has 0 amide bonds. The number of para-hydroxylation sites is 1. The number of hydrogen-bond donors (Lipinski definition) is 1. The number of nitro groups is 1. The van der Waals surface area contributed by atoms with Gasteiger partial charge in [0, 0.05) is 10.9 Å². The quantitative estimate of drug-likeness (QED) is 0.673. The molecule has 0 aliphatic rings. The van der Waals surface area contributed by atoms with Crippen LogP contribution in [0.4, 0.5) is 5.69 Å². The van der Waals surface area contributed by atoms with E-state index in [0.29, 0.717) is 4.34 Å². The maximum absolute atomic E-state index is 11.1. The van der Waals surface area contributed by atoms with Gasteiger partial charge in [0.1, 0.15) is 12.2 Å². The van der Waals surface area contributed by atoms with Crippen LogP contribution in [0, 0.1) is 10.1 Å². The number of thiophene rings is 1. The molecule has 2 aromatic rings. The van der Waals surface area contributed by atoms with Crippen LogP contribution < -0.4 is 4.74 Å². The molecule has 2 rings (SSSR count). The van der Waals surface area contributed by atoms with Gasteiger partial charge in [-0.15, -0.1) is 11.3 Å². The summed E-state index contributed by atoms with van der Waals surface area (Å²) in [5.74, 6) is -1.54. The molecule has 0 radical (unpaired) electrons. The molecule has 0 aliphatic heterocycles. The van der Waals surface area contributed by atoms with Gasteiger partial charge >= 0.3 is 11.7 Å². The first-order valence-corrected chi connectivity index (χ1v) is 6.56. The average molecular weight is 314 g/mol. The van der Waals surface area contributed by atoms with Gasteiger partial charge in [-0.1, -0.05) is 17.7 Å². The van der Waals surface area contributed by atoms with E-state index < -0.39 is 10.9 Å². The Morgan fingerprint density at radius 2 is 2.15 bits per heavy atom. The standard InChI is InChI=1S/C12H8ClNO5S/c13-10-5-4-7(20-10)6-19-11-8(12(15)16)2-1-3-9(11)14(17)18/h1-5H,6H2,(H,15,16). The highest BCUT2D eigenvalue weighted by atomic mass is 35.5. The number of carboxylic acids is 1. The summed E-state index contributed by atoms with van der Waals surface area (Å²) in [5.41, 5.74) is -0.630. The fraction of sp³-hybridized carbons (Fsp3) is 0.0833. The van der Waals surface area contributed by atoms with Crippen molar-refractivity contribution in [2.45, 2.75) is 6.61 Å². The molecule has 0 saturated carbocycles. The first kappa shape index (κ1) is 14.3. The van der Waals surface area contributed by atoms with Crippen LogP contribution in [0.2, 0.25) is 4.34 Å². The van der Waals surface area contributed by atoms with Crippen molar-refractivity contribution in [1.82, 2.24) is 0 Å². The van der Waals surface area contributed by atoms with E-state index in [2.05, 4.69) is 0 Å². The van der Waals surface area contributed by atoms with E-state index in [0.717, 1.165) is 4.88 Å². The molecule has 1 aromatic heterocycles. The van der Waals surface area contributed by atoms with Gasteiger partial charge < -0.3 is 9.84 Å². The summed E-state index contributed by atoms with van der Waals surface area (Å²) in [5, 5.41) is 20.0. The normalized spacial score (nSPS) is 10.2. The van der Waals surface area contributed by atoms with Crippen LogP contribution in [0.1, 0.15) is 15.2 Å². The van der Waals surface area contributed by atoms with E-state index in [1.807, 2.05) is 0 Å². The summed E-state index contributed by atoms with van der Waals surface area (Å²) >= 11 is 7.02. The van der Waals surface area contributed by atoms with Crippen molar-refractivity contribution in [3.63, 3.8) is 0 Å². The molecule has 0 aliphatic carbocycles. The summed E-state index contributed by atoms with van der Waals surface area (Å²) in [6.07, 6.45) is 0. The summed E-state index contributed by atoms with van der Waals surface area (Å²) in [6, 6.07) is 7.14. The van der Waals surface area contributed by atoms with Crippen molar-refractivity contribution >= 4 is 34.6 Å². The third kappa shape index (κ3) is 3.06. The minimum atomic E-state index is -1.28. The average Bonchev–Trinajstić information content (AvgIpc) is 2.81. The van der Waals surface area contributed by atoms with Gasteiger partial charge in [-0.25, -0.2) is 4.79 Å². The van der Waals surface area contributed by atoms with Gasteiger partial charge in [-0.2, -0.15) is 0 Å². The Labute approximate surface area is 122 Å². The Bertz CT molecular complexity index is 637. The molecule has 1 aromatic carbocycles. The monoisotopic (exact) mass is 313 g/mol. The molecule has 20 heavy (non-hydrogen) atoms. The number of carbonyl (C=O) groups is 1. The van der Waals surface area contributed by atoms with Crippen LogP contribution in [-0.4, -0.2) is 16.0 Å². The summed E-state index contributed by atoms with van der Waals surface area (Å²) in [6.45, 7) is 0.0164. The second-order valence-electron chi connectivity index (χ2n) is 3.71. The van der Waals surface area contributed by atoms with Crippen LogP contribution in [0.15, 0.2) is 30.3 Å². The summed E-state index contributed by atoms with van der Waals surface area (Å²) in [4.78, 5) is 22.1. The zero-order valence-corrected chi connectivity index (χ0v) is 11.5. The zero-order valence-electron chi connectivity index (χ0n) is 9.91. The number of ether oxygens (including phenoxy) is 1. The van der Waals surface area contributed by atoms with E-state index >= 15 is 0 Å². The zero-order chi connectivity index (χ0) is 14.7. The number of benzene rings is 1. The number of halogens is 1. The highest BCUT2D eigenvalue weighted by molar-refractivity contribution is 7.16. The third-order valence-electron chi connectivity index (χ3n) is 2.41. The fourth-order valence-corrected chi connectivity index (χ4v) is 2.56. The molecule has 0 saturated heterocycles. The number of carboxylic acid groups (broad SMARTS) is 1. The van der Waals surface area contributed by atoms with Gasteiger partial charge in [0.2, 0.25) is 5.75 Å². The first-order chi connectivity index (χ1) is 9.49. The predicted molar refractivity (Wildman–Crippen MR) is 73.7 cm³/mol. The van der Waals surface area contributed by atoms with Gasteiger partial charge in [-0.3, -0.25) is 10.1 Å². The Morgan fingerprint density at radius 1 is 1.40 bits per heavy atom. The van der Waals surface area contributed by atoms with E-state index in [-0.39, 0.29) is 23.6 Å². The molecule has 0 atom stereocenters. The van der Waals surface area contributed by atoms with E-state index in [1.165, 1.54) is 29.5 Å². The third-order valence-corrected chi connectivity index (χ3v) is 3.61. The molecule has 1 heterocycles. The molecule has 0 unspecified atom stereocenters. The van der Waals surface area contributed by atoms with Crippen molar-refractivity contribution in [3.8, 4) is 5.75 Å². The lowest BCUT2D eigenvalue weighted by atomic mass is 10.1. The second kappa shape index (κ2) is 5.89. The van der Waals surface area contributed by atoms with Gasteiger partial charge in [0.15, 0.2) is 0 Å².